The first kappa shape index (κ1) is 11.4. The van der Waals surface area contributed by atoms with Crippen molar-refractivity contribution in [2.75, 3.05) is 6.54 Å². The van der Waals surface area contributed by atoms with Gasteiger partial charge in [-0.1, -0.05) is 32.6 Å². The zero-order valence-electron chi connectivity index (χ0n) is 10.0. The van der Waals surface area contributed by atoms with E-state index in [0.29, 0.717) is 6.10 Å². The predicted molar refractivity (Wildman–Crippen MR) is 62.8 cm³/mol. The molecule has 2 N–H and O–H groups in total. The van der Waals surface area contributed by atoms with Crippen LogP contribution in [0.15, 0.2) is 0 Å². The first-order valence-corrected chi connectivity index (χ1v) is 6.64. The zero-order valence-corrected chi connectivity index (χ0v) is 10.0. The molecule has 15 heavy (non-hydrogen) atoms. The number of ether oxygens (including phenoxy) is 1. The van der Waals surface area contributed by atoms with Gasteiger partial charge in [0.25, 0.3) is 0 Å². The second-order valence-electron chi connectivity index (χ2n) is 5.51. The maximum absolute atomic E-state index is 6.38. The molecular weight excluding hydrogens is 186 g/mol. The average molecular weight is 211 g/mol. The van der Waals surface area contributed by atoms with Crippen molar-refractivity contribution < 1.29 is 4.74 Å². The van der Waals surface area contributed by atoms with E-state index in [2.05, 4.69) is 6.92 Å². The van der Waals surface area contributed by atoms with Crippen molar-refractivity contribution in [2.24, 2.45) is 11.7 Å². The molecule has 0 aromatic rings. The molecule has 2 atom stereocenters. The fourth-order valence-electron chi connectivity index (χ4n) is 3.17. The second kappa shape index (κ2) is 4.84. The Labute approximate surface area is 93.6 Å². The molecule has 2 nitrogen and oxygen atoms in total. The van der Waals surface area contributed by atoms with E-state index in [9.17, 15) is 0 Å². The highest BCUT2D eigenvalue weighted by atomic mass is 16.5. The molecule has 2 rings (SSSR count). The van der Waals surface area contributed by atoms with Crippen LogP contribution in [0.25, 0.3) is 0 Å². The minimum atomic E-state index is 0.0519. The normalized spacial score (nSPS) is 35.6. The molecule has 0 aromatic carbocycles. The average Bonchev–Trinajstić information content (AvgIpc) is 2.71. The molecule has 2 unspecified atom stereocenters. The van der Waals surface area contributed by atoms with Crippen molar-refractivity contribution in [3.63, 3.8) is 0 Å². The Bertz CT molecular complexity index is 199. The van der Waals surface area contributed by atoms with Crippen LogP contribution in [0, 0.1) is 5.92 Å². The minimum absolute atomic E-state index is 0.0519. The molecule has 2 saturated carbocycles. The van der Waals surface area contributed by atoms with E-state index >= 15 is 0 Å². The lowest BCUT2D eigenvalue weighted by Gasteiger charge is -2.37. The van der Waals surface area contributed by atoms with Crippen LogP contribution in [0.4, 0.5) is 0 Å². The Morgan fingerprint density at radius 3 is 2.40 bits per heavy atom. The highest BCUT2D eigenvalue weighted by Gasteiger charge is 2.37. The Morgan fingerprint density at radius 1 is 1.13 bits per heavy atom. The number of hydrogen-bond donors (Lipinski definition) is 1. The van der Waals surface area contributed by atoms with E-state index in [0.717, 1.165) is 12.5 Å². The molecule has 0 aromatic heterocycles. The van der Waals surface area contributed by atoms with Gasteiger partial charge in [-0.05, 0) is 31.6 Å². The summed E-state index contributed by atoms with van der Waals surface area (Å²) >= 11 is 0. The van der Waals surface area contributed by atoms with Gasteiger partial charge >= 0.3 is 0 Å². The van der Waals surface area contributed by atoms with Gasteiger partial charge in [0.05, 0.1) is 11.7 Å². The van der Waals surface area contributed by atoms with Crippen LogP contribution in [0.5, 0.6) is 0 Å². The maximum atomic E-state index is 6.38. The second-order valence-corrected chi connectivity index (χ2v) is 5.51. The van der Waals surface area contributed by atoms with Crippen LogP contribution < -0.4 is 5.73 Å². The number of rotatable bonds is 3. The van der Waals surface area contributed by atoms with E-state index in [-0.39, 0.29) is 5.60 Å². The third-order valence-corrected chi connectivity index (χ3v) is 4.32. The summed E-state index contributed by atoms with van der Waals surface area (Å²) in [5.41, 5.74) is 5.96. The smallest absolute Gasteiger partial charge is 0.0808 e. The maximum Gasteiger partial charge on any atom is 0.0808 e. The Hall–Kier alpha value is -0.0800. The standard InChI is InChI=1S/C13H25NO/c1-11-6-2-3-7-12(11)15-13(10-14)8-4-5-9-13/h11-12H,2-10,14H2,1H3. The third kappa shape index (κ3) is 2.54. The van der Waals surface area contributed by atoms with Gasteiger partial charge in [0.1, 0.15) is 0 Å². The highest BCUT2D eigenvalue weighted by molar-refractivity contribution is 4.89. The van der Waals surface area contributed by atoms with Crippen LogP contribution in [-0.4, -0.2) is 18.2 Å². The van der Waals surface area contributed by atoms with E-state index < -0.39 is 0 Å². The molecule has 0 bridgehead atoms. The molecule has 0 heterocycles. The van der Waals surface area contributed by atoms with Gasteiger partial charge in [0, 0.05) is 6.54 Å². The fraction of sp³-hybridized carbons (Fsp3) is 1.00. The first-order valence-electron chi connectivity index (χ1n) is 6.64. The molecule has 2 fully saturated rings. The zero-order chi connectivity index (χ0) is 10.7. The molecule has 0 spiro atoms. The van der Waals surface area contributed by atoms with Crippen molar-refractivity contribution in [2.45, 2.75) is 70.0 Å². The van der Waals surface area contributed by atoms with Crippen LogP contribution in [-0.2, 0) is 4.74 Å². The summed E-state index contributed by atoms with van der Waals surface area (Å²) in [6.45, 7) is 3.05. The van der Waals surface area contributed by atoms with Gasteiger partial charge in [-0.3, -0.25) is 0 Å². The SMILES string of the molecule is CC1CCCCC1OC1(CN)CCCC1. The molecule has 0 amide bonds. The Morgan fingerprint density at radius 2 is 1.80 bits per heavy atom. The summed E-state index contributed by atoms with van der Waals surface area (Å²) in [5.74, 6) is 0.739. The number of hydrogen-bond acceptors (Lipinski definition) is 2. The molecule has 2 heteroatoms. The van der Waals surface area contributed by atoms with Crippen molar-refractivity contribution in [3.05, 3.63) is 0 Å². The lowest BCUT2D eigenvalue weighted by atomic mass is 9.87. The summed E-state index contributed by atoms with van der Waals surface area (Å²) in [5, 5.41) is 0. The van der Waals surface area contributed by atoms with Gasteiger partial charge in [0.15, 0.2) is 0 Å². The summed E-state index contributed by atoms with van der Waals surface area (Å²) in [6, 6.07) is 0. The van der Waals surface area contributed by atoms with E-state index in [4.69, 9.17) is 10.5 Å². The predicted octanol–water partition coefficient (Wildman–Crippen LogP) is 2.85. The monoisotopic (exact) mass is 211 g/mol. The molecule has 2 aliphatic rings. The van der Waals surface area contributed by atoms with Crippen LogP contribution in [0.3, 0.4) is 0 Å². The quantitative estimate of drug-likeness (QED) is 0.779. The summed E-state index contributed by atoms with van der Waals surface area (Å²) < 4.78 is 6.38. The van der Waals surface area contributed by atoms with Crippen LogP contribution in [0.2, 0.25) is 0 Å². The van der Waals surface area contributed by atoms with Gasteiger partial charge in [-0.2, -0.15) is 0 Å². The Balaban J connectivity index is 1.93. The van der Waals surface area contributed by atoms with E-state index in [1.54, 1.807) is 0 Å². The summed E-state index contributed by atoms with van der Waals surface area (Å²) in [4.78, 5) is 0. The van der Waals surface area contributed by atoms with Crippen LogP contribution in [0.1, 0.15) is 58.3 Å². The molecule has 88 valence electrons. The molecule has 0 radical (unpaired) electrons. The topological polar surface area (TPSA) is 35.2 Å². The number of nitrogens with two attached hydrogens (primary N) is 1. The fourth-order valence-corrected chi connectivity index (χ4v) is 3.17. The van der Waals surface area contributed by atoms with Crippen molar-refractivity contribution in [1.82, 2.24) is 0 Å². The molecule has 0 aliphatic heterocycles. The lowest BCUT2D eigenvalue weighted by Crippen LogP contribution is -2.43. The molecule has 0 saturated heterocycles. The lowest BCUT2D eigenvalue weighted by molar-refractivity contribution is -0.115. The largest absolute Gasteiger partial charge is 0.370 e. The molecule has 2 aliphatic carbocycles. The third-order valence-electron chi connectivity index (χ3n) is 4.32. The Kier molecular flexibility index (Phi) is 3.68. The van der Waals surface area contributed by atoms with Gasteiger partial charge in [-0.25, -0.2) is 0 Å². The first-order chi connectivity index (χ1) is 7.26. The summed E-state index contributed by atoms with van der Waals surface area (Å²) in [7, 11) is 0. The van der Waals surface area contributed by atoms with E-state index in [1.165, 1.54) is 51.4 Å². The highest BCUT2D eigenvalue weighted by Crippen LogP contribution is 2.37. The minimum Gasteiger partial charge on any atom is -0.370 e. The van der Waals surface area contributed by atoms with Crippen molar-refractivity contribution in [1.29, 1.82) is 0 Å². The molecular formula is C13H25NO. The van der Waals surface area contributed by atoms with Gasteiger partial charge < -0.3 is 10.5 Å². The van der Waals surface area contributed by atoms with Crippen LogP contribution >= 0.6 is 0 Å². The van der Waals surface area contributed by atoms with Gasteiger partial charge in [-0.15, -0.1) is 0 Å². The van der Waals surface area contributed by atoms with Crippen molar-refractivity contribution in [3.8, 4) is 0 Å². The summed E-state index contributed by atoms with van der Waals surface area (Å²) in [6.07, 6.45) is 10.8. The van der Waals surface area contributed by atoms with Gasteiger partial charge in [0.2, 0.25) is 0 Å². The van der Waals surface area contributed by atoms with Crippen molar-refractivity contribution >= 4 is 0 Å². The van der Waals surface area contributed by atoms with E-state index in [1.807, 2.05) is 0 Å².